The van der Waals surface area contributed by atoms with Crippen LogP contribution in [0.3, 0.4) is 0 Å². The first-order valence-corrected chi connectivity index (χ1v) is 10.9. The van der Waals surface area contributed by atoms with Gasteiger partial charge in [0.1, 0.15) is 5.82 Å². The number of anilines is 3. The van der Waals surface area contributed by atoms with Crippen molar-refractivity contribution in [3.63, 3.8) is 0 Å². The maximum Gasteiger partial charge on any atom is 0.490 e. The van der Waals surface area contributed by atoms with Crippen molar-refractivity contribution in [3.8, 4) is 0 Å². The van der Waals surface area contributed by atoms with Gasteiger partial charge < -0.3 is 20.2 Å². The van der Waals surface area contributed by atoms with Crippen LogP contribution in [0.2, 0.25) is 0 Å². The number of carboxylic acids is 1. The number of aromatic nitrogens is 1. The average Bonchev–Trinajstić information content (AvgIpc) is 2.87. The molecule has 0 radical (unpaired) electrons. The van der Waals surface area contributed by atoms with E-state index in [1.165, 1.54) is 11.8 Å². The largest absolute Gasteiger partial charge is 0.490 e. The quantitative estimate of drug-likeness (QED) is 0.500. The van der Waals surface area contributed by atoms with Crippen LogP contribution >= 0.6 is 0 Å². The molecule has 2 aromatic carbocycles. The van der Waals surface area contributed by atoms with E-state index in [1.807, 2.05) is 48.8 Å². The number of carboxylic acid groups (broad SMARTS) is 1. The van der Waals surface area contributed by atoms with Gasteiger partial charge in [-0.05, 0) is 61.0 Å². The second-order valence-corrected chi connectivity index (χ2v) is 7.95. The number of hydrogen-bond acceptors (Lipinski definition) is 5. The summed E-state index contributed by atoms with van der Waals surface area (Å²) in [6.07, 6.45) is -1.45. The van der Waals surface area contributed by atoms with Gasteiger partial charge in [0.25, 0.3) is 5.91 Å². The zero-order valence-electron chi connectivity index (χ0n) is 19.3. The maximum atomic E-state index is 13.7. The van der Waals surface area contributed by atoms with Crippen molar-refractivity contribution in [3.05, 3.63) is 83.9 Å². The Bertz CT molecular complexity index is 1180. The Hall–Kier alpha value is -4.15. The predicted molar refractivity (Wildman–Crippen MR) is 128 cm³/mol. The summed E-state index contributed by atoms with van der Waals surface area (Å²) in [6, 6.07) is 16.3. The molecule has 4 rings (SSSR count). The van der Waals surface area contributed by atoms with Crippen LogP contribution in [-0.2, 0) is 4.79 Å². The number of benzene rings is 2. The zero-order valence-corrected chi connectivity index (χ0v) is 19.3. The van der Waals surface area contributed by atoms with Crippen molar-refractivity contribution in [1.82, 2.24) is 4.98 Å². The van der Waals surface area contributed by atoms with Gasteiger partial charge in [0, 0.05) is 61.2 Å². The van der Waals surface area contributed by atoms with Crippen molar-refractivity contribution < 1.29 is 32.3 Å². The summed E-state index contributed by atoms with van der Waals surface area (Å²) in [4.78, 5) is 30.1. The van der Waals surface area contributed by atoms with E-state index < -0.39 is 12.1 Å². The molecule has 0 saturated carbocycles. The second kappa shape index (κ2) is 11.5. The third-order valence-electron chi connectivity index (χ3n) is 5.47. The van der Waals surface area contributed by atoms with Crippen LogP contribution in [0, 0.1) is 12.7 Å². The average molecular weight is 504 g/mol. The number of aliphatic carboxylic acids is 1. The van der Waals surface area contributed by atoms with E-state index in [-0.39, 0.29) is 11.7 Å². The molecular formula is C25H24F4N4O3. The Morgan fingerprint density at radius 2 is 1.39 bits per heavy atom. The lowest BCUT2D eigenvalue weighted by Crippen LogP contribution is -2.46. The SMILES string of the molecule is Cc1ccc(NC(=O)c2ccc(N3CCN(c4ccncc4)CC3)cc2)cc1F.O=C(O)C(F)(F)F. The van der Waals surface area contributed by atoms with Gasteiger partial charge in [-0.1, -0.05) is 6.07 Å². The van der Waals surface area contributed by atoms with E-state index >= 15 is 0 Å². The van der Waals surface area contributed by atoms with Crippen molar-refractivity contribution in [2.45, 2.75) is 13.1 Å². The van der Waals surface area contributed by atoms with Gasteiger partial charge in [0.05, 0.1) is 0 Å². The summed E-state index contributed by atoms with van der Waals surface area (Å²) in [5.74, 6) is -3.33. The molecule has 1 aliphatic rings. The van der Waals surface area contributed by atoms with E-state index in [2.05, 4.69) is 20.1 Å². The van der Waals surface area contributed by atoms with Crippen LogP contribution in [0.1, 0.15) is 15.9 Å². The lowest BCUT2D eigenvalue weighted by Gasteiger charge is -2.37. The molecule has 0 aliphatic carbocycles. The zero-order chi connectivity index (χ0) is 26.3. The molecule has 3 aromatic rings. The van der Waals surface area contributed by atoms with Crippen molar-refractivity contribution >= 4 is 28.9 Å². The van der Waals surface area contributed by atoms with Gasteiger partial charge in [0.15, 0.2) is 0 Å². The molecule has 0 spiro atoms. The molecule has 7 nitrogen and oxygen atoms in total. The van der Waals surface area contributed by atoms with E-state index in [0.29, 0.717) is 16.8 Å². The second-order valence-electron chi connectivity index (χ2n) is 7.95. The van der Waals surface area contributed by atoms with Gasteiger partial charge in [0.2, 0.25) is 0 Å². The summed E-state index contributed by atoms with van der Waals surface area (Å²) in [7, 11) is 0. The van der Waals surface area contributed by atoms with Crippen LogP contribution in [0.25, 0.3) is 0 Å². The first-order valence-electron chi connectivity index (χ1n) is 10.9. The Morgan fingerprint density at radius 3 is 1.86 bits per heavy atom. The molecule has 1 aromatic heterocycles. The fourth-order valence-electron chi connectivity index (χ4n) is 3.48. The lowest BCUT2D eigenvalue weighted by atomic mass is 10.1. The number of rotatable bonds is 4. The van der Waals surface area contributed by atoms with Gasteiger partial charge in [-0.2, -0.15) is 13.2 Å². The maximum absolute atomic E-state index is 13.7. The first-order chi connectivity index (χ1) is 17.0. The molecule has 190 valence electrons. The lowest BCUT2D eigenvalue weighted by molar-refractivity contribution is -0.192. The number of hydrogen-bond donors (Lipinski definition) is 2. The number of nitrogens with one attached hydrogen (secondary N) is 1. The van der Waals surface area contributed by atoms with Crippen LogP contribution in [-0.4, -0.2) is 54.3 Å². The monoisotopic (exact) mass is 504 g/mol. The van der Waals surface area contributed by atoms with Crippen molar-refractivity contribution in [2.24, 2.45) is 0 Å². The fourth-order valence-corrected chi connectivity index (χ4v) is 3.48. The number of halogens is 4. The molecule has 1 aliphatic heterocycles. The highest BCUT2D eigenvalue weighted by Gasteiger charge is 2.38. The molecule has 0 bridgehead atoms. The number of carbonyl (C=O) groups is 2. The van der Waals surface area contributed by atoms with Gasteiger partial charge in [-0.3, -0.25) is 9.78 Å². The number of aryl methyl sites for hydroxylation is 1. The number of piperazine rings is 1. The Kier molecular flexibility index (Phi) is 8.46. The number of alkyl halides is 3. The number of carbonyl (C=O) groups excluding carboxylic acids is 1. The normalized spacial score (nSPS) is 13.5. The van der Waals surface area contributed by atoms with Gasteiger partial charge >= 0.3 is 12.1 Å². The number of amides is 1. The van der Waals surface area contributed by atoms with E-state index in [9.17, 15) is 22.4 Å². The van der Waals surface area contributed by atoms with Crippen molar-refractivity contribution in [2.75, 3.05) is 41.3 Å². The third kappa shape index (κ3) is 7.17. The Labute approximate surface area is 205 Å². The van der Waals surface area contributed by atoms with Crippen LogP contribution in [0.4, 0.5) is 34.6 Å². The molecular weight excluding hydrogens is 480 g/mol. The summed E-state index contributed by atoms with van der Waals surface area (Å²) in [5.41, 5.74) is 3.84. The van der Waals surface area contributed by atoms with E-state index in [0.717, 1.165) is 31.9 Å². The highest BCUT2D eigenvalue weighted by molar-refractivity contribution is 6.04. The number of pyridine rings is 1. The molecule has 2 N–H and O–H groups in total. The third-order valence-corrected chi connectivity index (χ3v) is 5.47. The van der Waals surface area contributed by atoms with E-state index in [4.69, 9.17) is 9.90 Å². The van der Waals surface area contributed by atoms with Gasteiger partial charge in [-0.15, -0.1) is 0 Å². The van der Waals surface area contributed by atoms with Gasteiger partial charge in [-0.25, -0.2) is 9.18 Å². The smallest absolute Gasteiger partial charge is 0.475 e. The molecule has 11 heteroatoms. The van der Waals surface area contributed by atoms with Crippen LogP contribution in [0.5, 0.6) is 0 Å². The Balaban J connectivity index is 0.000000454. The first kappa shape index (κ1) is 26.5. The summed E-state index contributed by atoms with van der Waals surface area (Å²) in [5, 5.41) is 9.87. The minimum absolute atomic E-state index is 0.248. The Morgan fingerprint density at radius 1 is 0.889 bits per heavy atom. The van der Waals surface area contributed by atoms with E-state index in [1.54, 1.807) is 19.1 Å². The standard InChI is InChI=1S/C23H23FN4O.C2HF3O2/c1-17-2-5-19(16-22(17)24)26-23(29)18-3-6-20(7-4-18)27-12-14-28(15-13-27)21-8-10-25-11-9-21;3-2(4,5)1(6)7/h2-11,16H,12-15H2,1H3,(H,26,29);(H,6,7). The highest BCUT2D eigenvalue weighted by atomic mass is 19.4. The highest BCUT2D eigenvalue weighted by Crippen LogP contribution is 2.21. The fraction of sp³-hybridized carbons (Fsp3) is 0.240. The number of nitrogens with zero attached hydrogens (tertiary/aromatic N) is 3. The minimum Gasteiger partial charge on any atom is -0.475 e. The van der Waals surface area contributed by atoms with Crippen molar-refractivity contribution in [1.29, 1.82) is 0 Å². The van der Waals surface area contributed by atoms with Crippen LogP contribution in [0.15, 0.2) is 67.0 Å². The molecule has 0 atom stereocenters. The molecule has 1 saturated heterocycles. The van der Waals surface area contributed by atoms with Crippen LogP contribution < -0.4 is 15.1 Å². The molecule has 1 amide bonds. The summed E-state index contributed by atoms with van der Waals surface area (Å²) >= 11 is 0. The summed E-state index contributed by atoms with van der Waals surface area (Å²) in [6.45, 7) is 5.39. The molecule has 0 unspecified atom stereocenters. The predicted octanol–water partition coefficient (Wildman–Crippen LogP) is 4.74. The topological polar surface area (TPSA) is 85.8 Å². The molecule has 36 heavy (non-hydrogen) atoms. The minimum atomic E-state index is -5.08. The molecule has 1 fully saturated rings. The summed E-state index contributed by atoms with van der Waals surface area (Å²) < 4.78 is 45.4. The molecule has 2 heterocycles.